The molecule has 24 heavy (non-hydrogen) atoms. The summed E-state index contributed by atoms with van der Waals surface area (Å²) in [4.78, 5) is 4.23. The summed E-state index contributed by atoms with van der Waals surface area (Å²) in [6, 6.07) is 15.9. The van der Waals surface area contributed by atoms with Gasteiger partial charge in [0, 0.05) is 26.9 Å². The average Bonchev–Trinajstić information content (AvgIpc) is 2.98. The summed E-state index contributed by atoms with van der Waals surface area (Å²) in [5.41, 5.74) is 1.81. The highest BCUT2D eigenvalue weighted by Gasteiger charge is 2.10. The highest BCUT2D eigenvalue weighted by atomic mass is 35.5. The number of rotatable bonds is 3. The maximum atomic E-state index is 6.28. The van der Waals surface area contributed by atoms with E-state index in [1.54, 1.807) is 6.20 Å². The van der Waals surface area contributed by atoms with Gasteiger partial charge in [-0.1, -0.05) is 53.0 Å². The van der Waals surface area contributed by atoms with Crippen LogP contribution < -0.4 is 4.72 Å². The van der Waals surface area contributed by atoms with Gasteiger partial charge in [-0.05, 0) is 47.7 Å². The number of hydrogen-bond acceptors (Lipinski definition) is 2. The van der Waals surface area contributed by atoms with Gasteiger partial charge in [0.2, 0.25) is 0 Å². The Morgan fingerprint density at radius 1 is 0.875 bits per heavy atom. The van der Waals surface area contributed by atoms with Gasteiger partial charge in [-0.3, -0.25) is 0 Å². The topological polar surface area (TPSA) is 27.8 Å². The van der Waals surface area contributed by atoms with Crippen molar-refractivity contribution in [2.75, 3.05) is 4.72 Å². The Bertz CT molecular complexity index is 1060. The van der Waals surface area contributed by atoms with E-state index in [0.717, 1.165) is 37.3 Å². The summed E-state index contributed by atoms with van der Waals surface area (Å²) in [5.74, 6) is 0. The number of halogens is 3. The predicted molar refractivity (Wildman–Crippen MR) is 107 cm³/mol. The Kier molecular flexibility index (Phi) is 4.27. The predicted octanol–water partition coefficient (Wildman–Crippen LogP) is 7.40. The number of benzene rings is 3. The molecule has 1 heterocycles. The van der Waals surface area contributed by atoms with Gasteiger partial charge in [-0.25, -0.2) is 0 Å². The molecule has 0 amide bonds. The SMILES string of the molecule is Clc1cccc2ccc(SNc3ccc(Cl)c4c(Cl)c[nH]c34)cc12. The van der Waals surface area contributed by atoms with E-state index in [1.165, 1.54) is 11.9 Å². The molecular formula is C18H11Cl3N2S. The second-order valence-electron chi connectivity index (χ2n) is 5.31. The third kappa shape index (κ3) is 2.82. The fourth-order valence-electron chi connectivity index (χ4n) is 2.64. The molecule has 0 aliphatic heterocycles. The van der Waals surface area contributed by atoms with E-state index in [9.17, 15) is 0 Å². The molecule has 120 valence electrons. The standard InChI is InChI=1S/C18H11Cl3N2S/c19-13-3-1-2-10-4-5-11(8-12(10)13)24-23-16-7-6-14(20)17-15(21)9-22-18(16)17/h1-9,22-23H. The minimum absolute atomic E-state index is 0.612. The quantitative estimate of drug-likeness (QED) is 0.355. The van der Waals surface area contributed by atoms with Gasteiger partial charge in [0.25, 0.3) is 0 Å². The molecule has 0 aliphatic rings. The largest absolute Gasteiger partial charge is 0.358 e. The summed E-state index contributed by atoms with van der Waals surface area (Å²) in [6.07, 6.45) is 1.74. The van der Waals surface area contributed by atoms with Crippen LogP contribution in [0.1, 0.15) is 0 Å². The third-order valence-corrected chi connectivity index (χ3v) is 5.57. The number of hydrogen-bond donors (Lipinski definition) is 2. The molecule has 0 bridgehead atoms. The zero-order valence-electron chi connectivity index (χ0n) is 12.2. The first-order chi connectivity index (χ1) is 11.6. The van der Waals surface area contributed by atoms with Crippen molar-refractivity contribution in [3.8, 4) is 0 Å². The molecule has 6 heteroatoms. The number of anilines is 1. The summed E-state index contributed by atoms with van der Waals surface area (Å²) in [6.45, 7) is 0. The third-order valence-electron chi connectivity index (χ3n) is 3.82. The van der Waals surface area contributed by atoms with Crippen molar-refractivity contribution in [3.05, 3.63) is 69.8 Å². The Morgan fingerprint density at radius 3 is 2.62 bits per heavy atom. The highest BCUT2D eigenvalue weighted by molar-refractivity contribution is 8.00. The lowest BCUT2D eigenvalue weighted by Crippen LogP contribution is -1.89. The second-order valence-corrected chi connectivity index (χ2v) is 7.41. The smallest absolute Gasteiger partial charge is 0.0728 e. The molecule has 2 nitrogen and oxygen atoms in total. The number of nitrogens with one attached hydrogen (secondary N) is 2. The van der Waals surface area contributed by atoms with E-state index in [2.05, 4.69) is 27.9 Å². The van der Waals surface area contributed by atoms with Crippen LogP contribution in [0.3, 0.4) is 0 Å². The Hall–Kier alpha value is -1.52. The van der Waals surface area contributed by atoms with Crippen molar-refractivity contribution < 1.29 is 0 Å². The lowest BCUT2D eigenvalue weighted by molar-refractivity contribution is 1.47. The van der Waals surface area contributed by atoms with Crippen LogP contribution in [-0.2, 0) is 0 Å². The number of aromatic nitrogens is 1. The molecule has 0 radical (unpaired) electrons. The van der Waals surface area contributed by atoms with Gasteiger partial charge < -0.3 is 9.71 Å². The first kappa shape index (κ1) is 16.0. The van der Waals surface area contributed by atoms with Crippen LogP contribution in [0.25, 0.3) is 21.7 Å². The van der Waals surface area contributed by atoms with E-state index in [1.807, 2.05) is 30.3 Å². The van der Waals surface area contributed by atoms with Crippen molar-refractivity contribution in [2.45, 2.75) is 4.90 Å². The molecule has 4 rings (SSSR count). The minimum Gasteiger partial charge on any atom is -0.358 e. The zero-order chi connectivity index (χ0) is 16.7. The molecule has 1 aromatic heterocycles. The molecule has 0 aliphatic carbocycles. The van der Waals surface area contributed by atoms with Crippen LogP contribution in [0, 0.1) is 0 Å². The number of aromatic amines is 1. The van der Waals surface area contributed by atoms with Gasteiger partial charge in [-0.15, -0.1) is 0 Å². The second kappa shape index (κ2) is 6.41. The fourth-order valence-corrected chi connectivity index (χ4v) is 4.15. The van der Waals surface area contributed by atoms with Crippen molar-refractivity contribution in [1.29, 1.82) is 0 Å². The highest BCUT2D eigenvalue weighted by Crippen LogP contribution is 2.36. The summed E-state index contributed by atoms with van der Waals surface area (Å²) in [7, 11) is 0. The first-order valence-corrected chi connectivity index (χ1v) is 9.15. The van der Waals surface area contributed by atoms with E-state index in [-0.39, 0.29) is 0 Å². The van der Waals surface area contributed by atoms with Gasteiger partial charge in [0.05, 0.1) is 21.2 Å². The molecule has 0 atom stereocenters. The molecule has 0 unspecified atom stereocenters. The van der Waals surface area contributed by atoms with Crippen molar-refractivity contribution >= 4 is 74.1 Å². The van der Waals surface area contributed by atoms with Crippen molar-refractivity contribution in [3.63, 3.8) is 0 Å². The lowest BCUT2D eigenvalue weighted by Gasteiger charge is -2.09. The summed E-state index contributed by atoms with van der Waals surface area (Å²) >= 11 is 20.2. The molecule has 0 saturated carbocycles. The van der Waals surface area contributed by atoms with E-state index < -0.39 is 0 Å². The molecule has 4 aromatic rings. The van der Waals surface area contributed by atoms with Crippen LogP contribution in [-0.4, -0.2) is 4.98 Å². The van der Waals surface area contributed by atoms with Gasteiger partial charge in [-0.2, -0.15) is 0 Å². The Morgan fingerprint density at radius 2 is 1.75 bits per heavy atom. The summed E-state index contributed by atoms with van der Waals surface area (Å²) < 4.78 is 3.35. The zero-order valence-corrected chi connectivity index (χ0v) is 15.3. The first-order valence-electron chi connectivity index (χ1n) is 7.20. The van der Waals surface area contributed by atoms with Gasteiger partial charge in [0.1, 0.15) is 0 Å². The van der Waals surface area contributed by atoms with Gasteiger partial charge in [0.15, 0.2) is 0 Å². The molecule has 0 saturated heterocycles. The Labute approximate surface area is 158 Å². The molecule has 0 fully saturated rings. The molecule has 2 N–H and O–H groups in total. The maximum Gasteiger partial charge on any atom is 0.0728 e. The van der Waals surface area contributed by atoms with Crippen LogP contribution in [0.2, 0.25) is 15.1 Å². The van der Waals surface area contributed by atoms with Crippen LogP contribution >= 0.6 is 46.8 Å². The molecule has 0 spiro atoms. The maximum absolute atomic E-state index is 6.28. The van der Waals surface area contributed by atoms with E-state index >= 15 is 0 Å². The Balaban J connectivity index is 1.66. The van der Waals surface area contributed by atoms with Crippen molar-refractivity contribution in [1.82, 2.24) is 4.98 Å². The van der Waals surface area contributed by atoms with Crippen LogP contribution in [0.15, 0.2) is 59.6 Å². The van der Waals surface area contributed by atoms with E-state index in [0.29, 0.717) is 10.0 Å². The average molecular weight is 394 g/mol. The summed E-state index contributed by atoms with van der Waals surface area (Å²) in [5, 5.41) is 4.97. The van der Waals surface area contributed by atoms with Crippen molar-refractivity contribution in [2.24, 2.45) is 0 Å². The monoisotopic (exact) mass is 392 g/mol. The number of fused-ring (bicyclic) bond motifs is 2. The van der Waals surface area contributed by atoms with E-state index in [4.69, 9.17) is 34.8 Å². The molecular weight excluding hydrogens is 383 g/mol. The molecule has 3 aromatic carbocycles. The van der Waals surface area contributed by atoms with Crippen LogP contribution in [0.4, 0.5) is 5.69 Å². The van der Waals surface area contributed by atoms with Crippen LogP contribution in [0.5, 0.6) is 0 Å². The fraction of sp³-hybridized carbons (Fsp3) is 0. The van der Waals surface area contributed by atoms with Gasteiger partial charge >= 0.3 is 0 Å². The number of H-pyrrole nitrogens is 1. The lowest BCUT2D eigenvalue weighted by atomic mass is 10.1. The minimum atomic E-state index is 0.612. The normalized spacial score (nSPS) is 11.3.